The molecular weight excluding hydrogens is 384 g/mol. The van der Waals surface area contributed by atoms with E-state index in [1.165, 1.54) is 17.3 Å². The molecule has 0 aliphatic heterocycles. The molecule has 0 saturated heterocycles. The molecule has 2 N–H and O–H groups in total. The third kappa shape index (κ3) is 6.02. The summed E-state index contributed by atoms with van der Waals surface area (Å²) in [7, 11) is 0. The Morgan fingerprint density at radius 1 is 1.07 bits per heavy atom. The Balaban J connectivity index is 1.54. The van der Waals surface area contributed by atoms with E-state index in [-0.39, 0.29) is 17.4 Å². The van der Waals surface area contributed by atoms with Crippen molar-refractivity contribution in [2.45, 2.75) is 32.3 Å². The molecular formula is C22H24N4O2S. The molecule has 29 heavy (non-hydrogen) atoms. The number of aromatic amines is 1. The van der Waals surface area contributed by atoms with Gasteiger partial charge in [0.15, 0.2) is 11.6 Å². The summed E-state index contributed by atoms with van der Waals surface area (Å²) >= 11 is 1.29. The highest BCUT2D eigenvalue weighted by molar-refractivity contribution is 7.99. The molecule has 0 spiro atoms. The first-order chi connectivity index (χ1) is 13.9. The number of Topliss-reactive ketones (excluding diaryl/α,β-unsaturated/α-hetero) is 1. The summed E-state index contributed by atoms with van der Waals surface area (Å²) in [4.78, 5) is 28.7. The zero-order chi connectivity index (χ0) is 20.8. The zero-order valence-electron chi connectivity index (χ0n) is 16.7. The van der Waals surface area contributed by atoms with Crippen molar-refractivity contribution in [2.75, 3.05) is 11.1 Å². The van der Waals surface area contributed by atoms with E-state index in [0.29, 0.717) is 34.6 Å². The summed E-state index contributed by atoms with van der Waals surface area (Å²) in [6, 6.07) is 14.9. The molecule has 1 heterocycles. The van der Waals surface area contributed by atoms with E-state index < -0.39 is 0 Å². The Bertz CT molecular complexity index is 979. The third-order valence-electron chi connectivity index (χ3n) is 4.21. The lowest BCUT2D eigenvalue weighted by molar-refractivity contribution is -0.116. The highest BCUT2D eigenvalue weighted by atomic mass is 32.2. The first-order valence-electron chi connectivity index (χ1n) is 9.46. The number of carbonyl (C=O) groups excluding carboxylic acids is 2. The number of nitrogens with zero attached hydrogens (tertiary/aromatic N) is 2. The van der Waals surface area contributed by atoms with Gasteiger partial charge < -0.3 is 5.32 Å². The maximum absolute atomic E-state index is 12.4. The van der Waals surface area contributed by atoms with Crippen molar-refractivity contribution in [3.05, 3.63) is 59.7 Å². The standard InChI is InChI=1S/C22H24N4O2S/c1-14(2)12-20(28)23-18-10-8-16(9-11-18)19(27)13-29-22-24-21(25-26-22)17-6-4-15(3)5-7-17/h4-11,14H,12-13H2,1-3H3,(H,23,28)(H,24,25,26). The average Bonchev–Trinajstić information content (AvgIpc) is 3.15. The van der Waals surface area contributed by atoms with Gasteiger partial charge in [0.25, 0.3) is 0 Å². The van der Waals surface area contributed by atoms with Crippen molar-refractivity contribution in [3.8, 4) is 11.4 Å². The van der Waals surface area contributed by atoms with Crippen LogP contribution in [0.4, 0.5) is 5.69 Å². The van der Waals surface area contributed by atoms with Crippen LogP contribution in [0.2, 0.25) is 0 Å². The number of thioether (sulfide) groups is 1. The number of aromatic nitrogens is 3. The number of H-pyrrole nitrogens is 1. The number of rotatable bonds is 8. The Morgan fingerprint density at radius 2 is 1.76 bits per heavy atom. The van der Waals surface area contributed by atoms with Crippen LogP contribution in [0.5, 0.6) is 0 Å². The van der Waals surface area contributed by atoms with Crippen LogP contribution in [0.15, 0.2) is 53.7 Å². The summed E-state index contributed by atoms with van der Waals surface area (Å²) in [6.45, 7) is 6.02. The number of aryl methyl sites for hydroxylation is 1. The number of amides is 1. The van der Waals surface area contributed by atoms with Gasteiger partial charge in [-0.2, -0.15) is 0 Å². The minimum Gasteiger partial charge on any atom is -0.326 e. The first-order valence-corrected chi connectivity index (χ1v) is 10.4. The Kier molecular flexibility index (Phi) is 6.82. The van der Waals surface area contributed by atoms with Gasteiger partial charge in [-0.1, -0.05) is 55.4 Å². The van der Waals surface area contributed by atoms with Gasteiger partial charge in [0.2, 0.25) is 11.1 Å². The molecule has 0 aliphatic rings. The predicted octanol–water partition coefficient (Wildman–Crippen LogP) is 4.74. The zero-order valence-corrected chi connectivity index (χ0v) is 17.5. The quantitative estimate of drug-likeness (QED) is 0.415. The highest BCUT2D eigenvalue weighted by Crippen LogP contribution is 2.21. The molecule has 6 nitrogen and oxygen atoms in total. The number of anilines is 1. The van der Waals surface area contributed by atoms with Crippen LogP contribution in [0, 0.1) is 12.8 Å². The van der Waals surface area contributed by atoms with Gasteiger partial charge in [-0.3, -0.25) is 14.7 Å². The summed E-state index contributed by atoms with van der Waals surface area (Å²) in [5.74, 6) is 1.18. The van der Waals surface area contributed by atoms with Crippen molar-refractivity contribution in [3.63, 3.8) is 0 Å². The molecule has 0 bridgehead atoms. The topological polar surface area (TPSA) is 87.7 Å². The number of benzene rings is 2. The van der Waals surface area contributed by atoms with E-state index >= 15 is 0 Å². The van der Waals surface area contributed by atoms with Crippen molar-refractivity contribution in [2.24, 2.45) is 5.92 Å². The van der Waals surface area contributed by atoms with Crippen LogP contribution < -0.4 is 5.32 Å². The molecule has 0 aliphatic carbocycles. The molecule has 0 fully saturated rings. The van der Waals surface area contributed by atoms with Crippen LogP contribution in [-0.4, -0.2) is 32.6 Å². The van der Waals surface area contributed by atoms with Crippen molar-refractivity contribution >= 4 is 29.1 Å². The lowest BCUT2D eigenvalue weighted by Crippen LogP contribution is -2.14. The fourth-order valence-electron chi connectivity index (χ4n) is 2.69. The molecule has 0 unspecified atom stereocenters. The Morgan fingerprint density at radius 3 is 2.41 bits per heavy atom. The molecule has 1 amide bonds. The van der Waals surface area contributed by atoms with Gasteiger partial charge in [0, 0.05) is 23.2 Å². The molecule has 3 rings (SSSR count). The summed E-state index contributed by atoms with van der Waals surface area (Å²) in [5.41, 5.74) is 3.42. The van der Waals surface area contributed by atoms with Gasteiger partial charge >= 0.3 is 0 Å². The lowest BCUT2D eigenvalue weighted by Gasteiger charge is -2.07. The predicted molar refractivity (Wildman–Crippen MR) is 116 cm³/mol. The number of ketones is 1. The highest BCUT2D eigenvalue weighted by Gasteiger charge is 2.11. The van der Waals surface area contributed by atoms with E-state index in [1.807, 2.05) is 45.0 Å². The second-order valence-electron chi connectivity index (χ2n) is 7.27. The van der Waals surface area contributed by atoms with E-state index in [9.17, 15) is 9.59 Å². The second-order valence-corrected chi connectivity index (χ2v) is 8.21. The van der Waals surface area contributed by atoms with E-state index in [1.54, 1.807) is 24.3 Å². The largest absolute Gasteiger partial charge is 0.326 e. The normalized spacial score (nSPS) is 10.9. The fraction of sp³-hybridized carbons (Fsp3) is 0.273. The van der Waals surface area contributed by atoms with Crippen molar-refractivity contribution < 1.29 is 9.59 Å². The van der Waals surface area contributed by atoms with Gasteiger partial charge in [0.05, 0.1) is 5.75 Å². The summed E-state index contributed by atoms with van der Waals surface area (Å²) < 4.78 is 0. The monoisotopic (exact) mass is 408 g/mol. The van der Waals surface area contributed by atoms with Crippen molar-refractivity contribution in [1.82, 2.24) is 15.2 Å². The molecule has 3 aromatic rings. The second kappa shape index (κ2) is 9.52. The lowest BCUT2D eigenvalue weighted by atomic mass is 10.1. The van der Waals surface area contributed by atoms with Gasteiger partial charge in [-0.15, -0.1) is 5.10 Å². The molecule has 150 valence electrons. The van der Waals surface area contributed by atoms with Gasteiger partial charge in [-0.05, 0) is 37.1 Å². The van der Waals surface area contributed by atoms with Gasteiger partial charge in [-0.25, -0.2) is 4.98 Å². The van der Waals surface area contributed by atoms with E-state index in [4.69, 9.17) is 0 Å². The van der Waals surface area contributed by atoms with Crippen LogP contribution in [0.25, 0.3) is 11.4 Å². The maximum atomic E-state index is 12.4. The number of carbonyl (C=O) groups is 2. The molecule has 7 heteroatoms. The molecule has 1 aromatic heterocycles. The molecule has 0 radical (unpaired) electrons. The molecule has 0 saturated carbocycles. The summed E-state index contributed by atoms with van der Waals surface area (Å²) in [5, 5.41) is 10.5. The van der Waals surface area contributed by atoms with Gasteiger partial charge in [0.1, 0.15) is 0 Å². The fourth-order valence-corrected chi connectivity index (χ4v) is 3.38. The van der Waals surface area contributed by atoms with Crippen LogP contribution >= 0.6 is 11.8 Å². The van der Waals surface area contributed by atoms with Crippen LogP contribution in [0.1, 0.15) is 36.2 Å². The number of hydrogen-bond donors (Lipinski definition) is 2. The smallest absolute Gasteiger partial charge is 0.224 e. The minimum atomic E-state index is -0.0244. The van der Waals surface area contributed by atoms with Crippen molar-refractivity contribution in [1.29, 1.82) is 0 Å². The maximum Gasteiger partial charge on any atom is 0.224 e. The Labute approximate surface area is 174 Å². The molecule has 2 aromatic carbocycles. The van der Waals surface area contributed by atoms with Crippen LogP contribution in [0.3, 0.4) is 0 Å². The van der Waals surface area contributed by atoms with Crippen LogP contribution in [-0.2, 0) is 4.79 Å². The first kappa shape index (κ1) is 20.8. The van der Waals surface area contributed by atoms with E-state index in [2.05, 4.69) is 20.5 Å². The average molecular weight is 409 g/mol. The van der Waals surface area contributed by atoms with E-state index in [0.717, 1.165) is 5.56 Å². The SMILES string of the molecule is Cc1ccc(-c2nc(SCC(=O)c3ccc(NC(=O)CC(C)C)cc3)n[nH]2)cc1. The third-order valence-corrected chi connectivity index (χ3v) is 5.05. The minimum absolute atomic E-state index is 0.0169. The number of hydrogen-bond acceptors (Lipinski definition) is 5. The molecule has 0 atom stereocenters. The Hall–Kier alpha value is -2.93. The summed E-state index contributed by atoms with van der Waals surface area (Å²) in [6.07, 6.45) is 0.471. The number of nitrogens with one attached hydrogen (secondary N) is 2.